The van der Waals surface area contributed by atoms with E-state index >= 15 is 0 Å². The topological polar surface area (TPSA) is 38.0 Å². The Kier molecular flexibility index (Phi) is 15.0. The Bertz CT molecular complexity index is 900. The number of hydrogen-bond donors (Lipinski definition) is 0. The Morgan fingerprint density at radius 1 is 0.600 bits per heavy atom. The number of nitrogens with zero attached hydrogens (tertiary/aromatic N) is 2. The lowest BCUT2D eigenvalue weighted by Crippen LogP contribution is -2.52. The van der Waals surface area contributed by atoms with Crippen LogP contribution in [0.25, 0.3) is 0 Å². The molecule has 4 rings (SSSR count). The van der Waals surface area contributed by atoms with Gasteiger partial charge in [-0.1, -0.05) is 88.0 Å². The van der Waals surface area contributed by atoms with E-state index in [0.717, 1.165) is 21.9 Å². The molecule has 0 heterocycles. The molecule has 0 saturated heterocycles. The molecule has 0 amide bonds. The largest absolute Gasteiger partial charge is 0.412 e. The summed E-state index contributed by atoms with van der Waals surface area (Å²) in [6.45, 7) is 9.30. The van der Waals surface area contributed by atoms with Crippen molar-refractivity contribution in [2.45, 2.75) is 102 Å². The monoisotopic (exact) mass is 612 g/mol. The smallest absolute Gasteiger partial charge is 0.0406 e. The van der Waals surface area contributed by atoms with Crippen molar-refractivity contribution < 1.29 is 5.48 Å². The van der Waals surface area contributed by atoms with Crippen molar-refractivity contribution in [1.29, 1.82) is 0 Å². The van der Waals surface area contributed by atoms with Crippen LogP contribution in [0.5, 0.6) is 0 Å². The highest BCUT2D eigenvalue weighted by atomic mass is 35.5. The fourth-order valence-corrected chi connectivity index (χ4v) is 7.31. The van der Waals surface area contributed by atoms with Crippen LogP contribution in [0.2, 0.25) is 10.0 Å². The highest BCUT2D eigenvalue weighted by molar-refractivity contribution is 6.30. The summed E-state index contributed by atoms with van der Waals surface area (Å²) in [5, 5.41) is 1.67. The van der Waals surface area contributed by atoms with Gasteiger partial charge < -0.3 is 15.3 Å². The van der Waals surface area contributed by atoms with Gasteiger partial charge >= 0.3 is 0 Å². The first-order chi connectivity index (χ1) is 17.9. The number of halogens is 3. The van der Waals surface area contributed by atoms with Crippen molar-refractivity contribution in [1.82, 2.24) is 9.80 Å². The predicted molar refractivity (Wildman–Crippen MR) is 179 cm³/mol. The van der Waals surface area contributed by atoms with Crippen LogP contribution in [-0.2, 0) is 10.8 Å². The Morgan fingerprint density at radius 3 is 1.05 bits per heavy atom. The Labute approximate surface area is 261 Å². The standard InChI is InChI=1S/2C17H26ClN.ClH.H2O/c2*1-13(2)12-16(19(3)4)17(10-5-11-17)14-6-8-15(18)9-7-14;;/h2*6-9,13,16H,5,10-12H2,1-4H3;1H;1H2. The van der Waals surface area contributed by atoms with Crippen molar-refractivity contribution >= 4 is 35.6 Å². The van der Waals surface area contributed by atoms with Crippen LogP contribution in [-0.4, -0.2) is 55.6 Å². The summed E-state index contributed by atoms with van der Waals surface area (Å²) < 4.78 is 0. The lowest BCUT2D eigenvalue weighted by Gasteiger charge is -2.51. The van der Waals surface area contributed by atoms with Gasteiger partial charge in [-0.25, -0.2) is 0 Å². The molecule has 2 N–H and O–H groups in total. The first kappa shape index (κ1) is 37.2. The van der Waals surface area contributed by atoms with E-state index in [1.54, 1.807) is 0 Å². The Balaban J connectivity index is 0.000000381. The molecule has 0 aromatic heterocycles. The van der Waals surface area contributed by atoms with E-state index in [9.17, 15) is 0 Å². The number of benzene rings is 2. The van der Waals surface area contributed by atoms with Crippen LogP contribution < -0.4 is 0 Å². The molecular weight excluding hydrogens is 559 g/mol. The lowest BCUT2D eigenvalue weighted by molar-refractivity contribution is 0.0808. The lowest BCUT2D eigenvalue weighted by atomic mass is 9.58. The number of hydrogen-bond acceptors (Lipinski definition) is 2. The van der Waals surface area contributed by atoms with Crippen LogP contribution in [0.15, 0.2) is 48.5 Å². The highest BCUT2D eigenvalue weighted by Gasteiger charge is 2.47. The van der Waals surface area contributed by atoms with E-state index in [1.165, 1.54) is 62.5 Å². The summed E-state index contributed by atoms with van der Waals surface area (Å²) in [5.41, 5.74) is 3.64. The highest BCUT2D eigenvalue weighted by Crippen LogP contribution is 2.50. The van der Waals surface area contributed by atoms with Crippen molar-refractivity contribution in [2.75, 3.05) is 28.2 Å². The number of likely N-dealkylation sites (N-methyl/N-ethyl adjacent to an activating group) is 2. The third kappa shape index (κ3) is 8.62. The van der Waals surface area contributed by atoms with Crippen LogP contribution in [0.4, 0.5) is 0 Å². The molecule has 0 aliphatic heterocycles. The van der Waals surface area contributed by atoms with Gasteiger partial charge in [0.05, 0.1) is 0 Å². The molecule has 2 saturated carbocycles. The summed E-state index contributed by atoms with van der Waals surface area (Å²) >= 11 is 12.1. The van der Waals surface area contributed by atoms with Gasteiger partial charge in [0, 0.05) is 33.0 Å². The van der Waals surface area contributed by atoms with E-state index < -0.39 is 0 Å². The SMILES string of the molecule is CC(C)CC(N(C)C)C1(c2ccc(Cl)cc2)CCC1.CC(C)CC(N(C)C)C1(c2ccc(Cl)cc2)CCC1.Cl.O. The van der Waals surface area contributed by atoms with Gasteiger partial charge in [-0.2, -0.15) is 0 Å². The molecule has 2 aliphatic rings. The van der Waals surface area contributed by atoms with Gasteiger partial charge in [0.25, 0.3) is 0 Å². The second-order valence-electron chi connectivity index (χ2n) is 13.3. The minimum absolute atomic E-state index is 0. The molecule has 40 heavy (non-hydrogen) atoms. The summed E-state index contributed by atoms with van der Waals surface area (Å²) in [6, 6.07) is 18.4. The molecule has 0 spiro atoms. The quantitative estimate of drug-likeness (QED) is 0.268. The zero-order valence-corrected chi connectivity index (χ0v) is 28.5. The van der Waals surface area contributed by atoms with E-state index in [2.05, 4.69) is 90.0 Å². The first-order valence-electron chi connectivity index (χ1n) is 14.8. The maximum absolute atomic E-state index is 6.04. The van der Waals surface area contributed by atoms with E-state index in [4.69, 9.17) is 23.2 Å². The molecule has 0 bridgehead atoms. The molecule has 6 heteroatoms. The Morgan fingerprint density at radius 2 is 0.875 bits per heavy atom. The van der Waals surface area contributed by atoms with Crippen molar-refractivity contribution in [3.8, 4) is 0 Å². The summed E-state index contributed by atoms with van der Waals surface area (Å²) in [7, 11) is 8.90. The fraction of sp³-hybridized carbons (Fsp3) is 0.647. The molecule has 2 atom stereocenters. The summed E-state index contributed by atoms with van der Waals surface area (Å²) in [6.07, 6.45) is 10.5. The van der Waals surface area contributed by atoms with Crippen LogP contribution >= 0.6 is 35.6 Å². The average molecular weight is 614 g/mol. The summed E-state index contributed by atoms with van der Waals surface area (Å²) in [5.74, 6) is 1.47. The Hall–Kier alpha value is -0.810. The normalized spacial score (nSPS) is 18.6. The second kappa shape index (κ2) is 16.1. The zero-order chi connectivity index (χ0) is 28.1. The second-order valence-corrected chi connectivity index (χ2v) is 14.1. The van der Waals surface area contributed by atoms with Crippen LogP contribution in [0.1, 0.15) is 90.2 Å². The van der Waals surface area contributed by atoms with Crippen molar-refractivity contribution in [3.05, 3.63) is 69.7 Å². The molecule has 2 aliphatic carbocycles. The van der Waals surface area contributed by atoms with Crippen molar-refractivity contribution in [3.63, 3.8) is 0 Å². The van der Waals surface area contributed by atoms with Crippen molar-refractivity contribution in [2.24, 2.45) is 11.8 Å². The zero-order valence-electron chi connectivity index (χ0n) is 26.1. The third-order valence-corrected chi connectivity index (χ3v) is 9.75. The molecule has 0 radical (unpaired) electrons. The van der Waals surface area contributed by atoms with Gasteiger partial charge in [-0.05, 0) is 114 Å². The third-order valence-electron chi connectivity index (χ3n) is 9.24. The molecule has 2 unspecified atom stereocenters. The van der Waals surface area contributed by atoms with Gasteiger partial charge in [-0.15, -0.1) is 12.4 Å². The molecule has 228 valence electrons. The molecule has 2 fully saturated rings. The van der Waals surface area contributed by atoms with Gasteiger partial charge in [0.2, 0.25) is 0 Å². The van der Waals surface area contributed by atoms with E-state index in [1.807, 2.05) is 24.3 Å². The maximum atomic E-state index is 6.04. The number of rotatable bonds is 10. The van der Waals surface area contributed by atoms with Gasteiger partial charge in [0.15, 0.2) is 0 Å². The van der Waals surface area contributed by atoms with Gasteiger partial charge in [0.1, 0.15) is 0 Å². The predicted octanol–water partition coefficient (Wildman–Crippen LogP) is 9.07. The minimum atomic E-state index is 0. The van der Waals surface area contributed by atoms with E-state index in [0.29, 0.717) is 22.9 Å². The van der Waals surface area contributed by atoms with E-state index in [-0.39, 0.29) is 17.9 Å². The molecule has 2 aromatic carbocycles. The minimum Gasteiger partial charge on any atom is -0.412 e. The molecular formula is C34H55Cl3N2O. The summed E-state index contributed by atoms with van der Waals surface area (Å²) in [4.78, 5) is 4.85. The van der Waals surface area contributed by atoms with Gasteiger partial charge in [-0.3, -0.25) is 0 Å². The molecule has 3 nitrogen and oxygen atoms in total. The molecule has 2 aromatic rings. The first-order valence-corrected chi connectivity index (χ1v) is 15.5. The fourth-order valence-electron chi connectivity index (χ4n) is 7.06. The van der Waals surface area contributed by atoms with Crippen LogP contribution in [0, 0.1) is 11.8 Å². The van der Waals surface area contributed by atoms with Crippen LogP contribution in [0.3, 0.4) is 0 Å². The maximum Gasteiger partial charge on any atom is 0.0406 e. The average Bonchev–Trinajstić information content (AvgIpc) is 2.78.